The predicted molar refractivity (Wildman–Crippen MR) is 94.2 cm³/mol. The molecule has 0 saturated carbocycles. The molecule has 6 nitrogen and oxygen atoms in total. The van der Waals surface area contributed by atoms with Crippen molar-refractivity contribution in [3.63, 3.8) is 0 Å². The summed E-state index contributed by atoms with van der Waals surface area (Å²) in [4.78, 5) is 28.0. The summed E-state index contributed by atoms with van der Waals surface area (Å²) in [6, 6.07) is 4.10. The van der Waals surface area contributed by atoms with Crippen molar-refractivity contribution in [1.29, 1.82) is 0 Å². The molecule has 1 N–H and O–H groups in total. The molecule has 2 amide bonds. The van der Waals surface area contributed by atoms with Crippen LogP contribution in [0.2, 0.25) is 0 Å². The van der Waals surface area contributed by atoms with Crippen LogP contribution >= 0.6 is 0 Å². The molecule has 1 aromatic rings. The van der Waals surface area contributed by atoms with Gasteiger partial charge >= 0.3 is 0 Å². The molecule has 1 aliphatic heterocycles. The highest BCUT2D eigenvalue weighted by molar-refractivity contribution is 5.94. The fraction of sp³-hybridized carbons (Fsp3) is 0.556. The van der Waals surface area contributed by atoms with E-state index in [1.807, 2.05) is 32.9 Å². The van der Waals surface area contributed by atoms with E-state index in [9.17, 15) is 9.59 Å². The van der Waals surface area contributed by atoms with Gasteiger partial charge in [-0.3, -0.25) is 14.5 Å². The summed E-state index contributed by atoms with van der Waals surface area (Å²) in [5, 5.41) is 2.96. The molecule has 1 aromatic carbocycles. The summed E-state index contributed by atoms with van der Waals surface area (Å²) in [5.74, 6) is -0.0707. The average Bonchev–Trinajstić information content (AvgIpc) is 2.51. The highest BCUT2D eigenvalue weighted by Crippen LogP contribution is 2.21. The van der Waals surface area contributed by atoms with Crippen molar-refractivity contribution in [1.82, 2.24) is 9.80 Å². The van der Waals surface area contributed by atoms with Gasteiger partial charge in [-0.15, -0.1) is 0 Å². The molecule has 0 radical (unpaired) electrons. The minimum Gasteiger partial charge on any atom is -0.378 e. The lowest BCUT2D eigenvalue weighted by Gasteiger charge is -2.28. The molecular formula is C18H27N3O3. The van der Waals surface area contributed by atoms with E-state index in [0.717, 1.165) is 16.8 Å². The number of nitrogens with one attached hydrogen (secondary N) is 1. The maximum atomic E-state index is 12.3. The number of hydrogen-bond donors (Lipinski definition) is 1. The van der Waals surface area contributed by atoms with Crippen molar-refractivity contribution in [2.45, 2.75) is 20.8 Å². The molecule has 2 rings (SSSR count). The van der Waals surface area contributed by atoms with Crippen LogP contribution in [0.5, 0.6) is 0 Å². The van der Waals surface area contributed by atoms with Crippen LogP contribution in [0.15, 0.2) is 12.1 Å². The van der Waals surface area contributed by atoms with Gasteiger partial charge in [0.1, 0.15) is 0 Å². The molecule has 0 atom stereocenters. The number of carbonyl (C=O) groups excluding carboxylic acids is 2. The van der Waals surface area contributed by atoms with E-state index < -0.39 is 0 Å². The molecule has 0 spiro atoms. The largest absolute Gasteiger partial charge is 0.378 e. The van der Waals surface area contributed by atoms with Crippen LogP contribution in [0, 0.1) is 20.8 Å². The van der Waals surface area contributed by atoms with Crippen molar-refractivity contribution in [2.75, 3.05) is 51.8 Å². The molecule has 0 aliphatic carbocycles. The average molecular weight is 333 g/mol. The Balaban J connectivity index is 1.86. The maximum absolute atomic E-state index is 12.3. The lowest BCUT2D eigenvalue weighted by atomic mass is 10.1. The summed E-state index contributed by atoms with van der Waals surface area (Å²) in [6.07, 6.45) is 0. The van der Waals surface area contributed by atoms with E-state index in [1.165, 1.54) is 5.56 Å². The Morgan fingerprint density at radius 3 is 2.29 bits per heavy atom. The summed E-state index contributed by atoms with van der Waals surface area (Å²) in [6.45, 7) is 8.85. The molecule has 1 fully saturated rings. The van der Waals surface area contributed by atoms with Gasteiger partial charge in [-0.05, 0) is 38.9 Å². The lowest BCUT2D eigenvalue weighted by Crippen LogP contribution is -2.46. The Bertz CT molecular complexity index is 587. The van der Waals surface area contributed by atoms with E-state index in [-0.39, 0.29) is 24.9 Å². The first-order chi connectivity index (χ1) is 11.4. The van der Waals surface area contributed by atoms with Crippen LogP contribution in [0.1, 0.15) is 16.7 Å². The van der Waals surface area contributed by atoms with Gasteiger partial charge in [-0.1, -0.05) is 17.7 Å². The number of aryl methyl sites for hydroxylation is 3. The van der Waals surface area contributed by atoms with E-state index in [0.29, 0.717) is 26.3 Å². The molecule has 0 bridgehead atoms. The summed E-state index contributed by atoms with van der Waals surface area (Å²) >= 11 is 0. The second-order valence-corrected chi connectivity index (χ2v) is 6.49. The SMILES string of the molecule is Cc1cc(C)c(NC(=O)CN(C)CC(=O)N2CCOCC2)c(C)c1. The number of carbonyl (C=O) groups is 2. The third-order valence-electron chi connectivity index (χ3n) is 4.12. The van der Waals surface area contributed by atoms with E-state index in [2.05, 4.69) is 5.32 Å². The first kappa shape index (κ1) is 18.4. The minimum atomic E-state index is -0.109. The molecular weight excluding hydrogens is 306 g/mol. The zero-order valence-corrected chi connectivity index (χ0v) is 15.0. The van der Waals surface area contributed by atoms with Crippen LogP contribution in [-0.4, -0.2) is 68.1 Å². The Hall–Kier alpha value is -1.92. The van der Waals surface area contributed by atoms with Gasteiger partial charge in [-0.2, -0.15) is 0 Å². The van der Waals surface area contributed by atoms with Crippen molar-refractivity contribution < 1.29 is 14.3 Å². The number of nitrogens with zero attached hydrogens (tertiary/aromatic N) is 2. The molecule has 0 unspecified atom stereocenters. The highest BCUT2D eigenvalue weighted by Gasteiger charge is 2.19. The smallest absolute Gasteiger partial charge is 0.238 e. The first-order valence-corrected chi connectivity index (χ1v) is 8.28. The van der Waals surface area contributed by atoms with Crippen molar-refractivity contribution in [3.05, 3.63) is 28.8 Å². The third-order valence-corrected chi connectivity index (χ3v) is 4.12. The Labute approximate surface area is 143 Å². The Morgan fingerprint density at radius 1 is 1.12 bits per heavy atom. The zero-order valence-electron chi connectivity index (χ0n) is 15.0. The van der Waals surface area contributed by atoms with Crippen LogP contribution in [-0.2, 0) is 14.3 Å². The summed E-state index contributed by atoms with van der Waals surface area (Å²) < 4.78 is 5.24. The van der Waals surface area contributed by atoms with Crippen molar-refractivity contribution in [2.24, 2.45) is 0 Å². The highest BCUT2D eigenvalue weighted by atomic mass is 16.5. The van der Waals surface area contributed by atoms with E-state index in [1.54, 1.807) is 16.8 Å². The molecule has 1 saturated heterocycles. The number of amides is 2. The molecule has 0 aromatic heterocycles. The van der Waals surface area contributed by atoms with Gasteiger partial charge in [-0.25, -0.2) is 0 Å². The Kier molecular flexibility index (Phi) is 6.34. The van der Waals surface area contributed by atoms with Gasteiger partial charge in [0.15, 0.2) is 0 Å². The second kappa shape index (κ2) is 8.26. The number of anilines is 1. The first-order valence-electron chi connectivity index (χ1n) is 8.28. The summed E-state index contributed by atoms with van der Waals surface area (Å²) in [5.41, 5.74) is 4.13. The van der Waals surface area contributed by atoms with E-state index >= 15 is 0 Å². The fourth-order valence-electron chi connectivity index (χ4n) is 3.00. The second-order valence-electron chi connectivity index (χ2n) is 6.49. The van der Waals surface area contributed by atoms with Crippen LogP contribution < -0.4 is 5.32 Å². The molecule has 24 heavy (non-hydrogen) atoms. The number of ether oxygens (including phenoxy) is 1. The number of benzene rings is 1. The molecule has 1 aliphatic rings. The van der Waals surface area contributed by atoms with Gasteiger partial charge in [0.2, 0.25) is 11.8 Å². The van der Waals surface area contributed by atoms with Gasteiger partial charge < -0.3 is 15.0 Å². The zero-order chi connectivity index (χ0) is 17.7. The van der Waals surface area contributed by atoms with Crippen molar-refractivity contribution in [3.8, 4) is 0 Å². The molecule has 132 valence electrons. The normalized spacial score (nSPS) is 14.8. The third kappa shape index (κ3) is 5.04. The van der Waals surface area contributed by atoms with Crippen LogP contribution in [0.4, 0.5) is 5.69 Å². The number of hydrogen-bond acceptors (Lipinski definition) is 4. The molecule has 6 heteroatoms. The Morgan fingerprint density at radius 2 is 1.71 bits per heavy atom. The number of rotatable bonds is 5. The fourth-order valence-corrected chi connectivity index (χ4v) is 3.00. The topological polar surface area (TPSA) is 61.9 Å². The van der Waals surface area contributed by atoms with Gasteiger partial charge in [0.25, 0.3) is 0 Å². The predicted octanol–water partition coefficient (Wildman–Crippen LogP) is 1.34. The van der Waals surface area contributed by atoms with Crippen LogP contribution in [0.25, 0.3) is 0 Å². The maximum Gasteiger partial charge on any atom is 0.238 e. The standard InChI is InChI=1S/C18H27N3O3/c1-13-9-14(2)18(15(3)10-13)19-16(22)11-20(4)12-17(23)21-5-7-24-8-6-21/h9-10H,5-8,11-12H2,1-4H3,(H,19,22). The summed E-state index contributed by atoms with van der Waals surface area (Å²) in [7, 11) is 1.78. The van der Waals surface area contributed by atoms with Crippen molar-refractivity contribution >= 4 is 17.5 Å². The quantitative estimate of drug-likeness (QED) is 0.883. The van der Waals surface area contributed by atoms with Gasteiger partial charge in [0, 0.05) is 18.8 Å². The van der Waals surface area contributed by atoms with E-state index in [4.69, 9.17) is 4.74 Å². The van der Waals surface area contributed by atoms with Crippen LogP contribution in [0.3, 0.4) is 0 Å². The molecule has 1 heterocycles. The number of likely N-dealkylation sites (N-methyl/N-ethyl adjacent to an activating group) is 1. The lowest BCUT2D eigenvalue weighted by molar-refractivity contribution is -0.136. The number of morpholine rings is 1. The minimum absolute atomic E-state index is 0.0382. The monoisotopic (exact) mass is 333 g/mol. The van der Waals surface area contributed by atoms with Gasteiger partial charge in [0.05, 0.1) is 26.3 Å².